The van der Waals surface area contributed by atoms with Crippen LogP contribution in [-0.4, -0.2) is 66.0 Å². The van der Waals surface area contributed by atoms with Crippen LogP contribution in [0.3, 0.4) is 0 Å². The fraction of sp³-hybridized carbons (Fsp3) is 0.471. The predicted molar refractivity (Wildman–Crippen MR) is 86.5 cm³/mol. The molecule has 1 atom stereocenters. The van der Waals surface area contributed by atoms with Crippen LogP contribution in [0, 0.1) is 5.92 Å². The Bertz CT molecular complexity index is 590. The highest BCUT2D eigenvalue weighted by atomic mass is 16.5. The number of amides is 2. The number of piperidine rings is 1. The summed E-state index contributed by atoms with van der Waals surface area (Å²) in [5.74, 6) is -1.19. The van der Waals surface area contributed by atoms with E-state index < -0.39 is 5.97 Å². The second-order valence-electron chi connectivity index (χ2n) is 5.87. The van der Waals surface area contributed by atoms with E-state index in [1.54, 1.807) is 17.0 Å². The average molecular weight is 334 g/mol. The van der Waals surface area contributed by atoms with Gasteiger partial charge in [0.1, 0.15) is 12.3 Å². The van der Waals surface area contributed by atoms with Crippen molar-refractivity contribution in [2.75, 3.05) is 33.3 Å². The third-order valence-corrected chi connectivity index (χ3v) is 3.98. The lowest BCUT2D eigenvalue weighted by molar-refractivity contribution is -0.147. The van der Waals surface area contributed by atoms with E-state index in [1.165, 1.54) is 11.9 Å². The molecule has 1 heterocycles. The second-order valence-corrected chi connectivity index (χ2v) is 5.87. The number of rotatable bonds is 6. The van der Waals surface area contributed by atoms with Crippen molar-refractivity contribution in [2.24, 2.45) is 5.92 Å². The molecule has 1 saturated heterocycles. The first kappa shape index (κ1) is 17.8. The number of carboxylic acid groups (broad SMARTS) is 1. The van der Waals surface area contributed by atoms with Gasteiger partial charge < -0.3 is 19.6 Å². The summed E-state index contributed by atoms with van der Waals surface area (Å²) < 4.78 is 5.45. The van der Waals surface area contributed by atoms with Gasteiger partial charge in [-0.1, -0.05) is 18.2 Å². The molecule has 0 bridgehead atoms. The quantitative estimate of drug-likeness (QED) is 0.833. The van der Waals surface area contributed by atoms with Crippen LogP contribution in [0.25, 0.3) is 0 Å². The van der Waals surface area contributed by atoms with Gasteiger partial charge >= 0.3 is 5.97 Å². The number of carboxylic acids is 1. The molecule has 1 N–H and O–H groups in total. The molecule has 2 amide bonds. The third kappa shape index (κ3) is 4.97. The molecular weight excluding hydrogens is 312 g/mol. The van der Waals surface area contributed by atoms with Gasteiger partial charge in [0.05, 0.1) is 5.92 Å². The topological polar surface area (TPSA) is 87.2 Å². The van der Waals surface area contributed by atoms with Crippen molar-refractivity contribution in [1.29, 1.82) is 0 Å². The van der Waals surface area contributed by atoms with Crippen LogP contribution in [0.5, 0.6) is 5.75 Å². The first-order valence-corrected chi connectivity index (χ1v) is 7.89. The molecule has 0 aromatic heterocycles. The summed E-state index contributed by atoms with van der Waals surface area (Å²) in [5, 5.41) is 8.77. The van der Waals surface area contributed by atoms with E-state index in [0.717, 1.165) is 0 Å². The van der Waals surface area contributed by atoms with Crippen molar-refractivity contribution in [3.63, 3.8) is 0 Å². The molecule has 0 saturated carbocycles. The number of ether oxygens (including phenoxy) is 1. The number of carbonyl (C=O) groups is 3. The van der Waals surface area contributed by atoms with E-state index in [9.17, 15) is 14.4 Å². The molecule has 1 aromatic carbocycles. The number of para-hydroxylation sites is 1. The van der Waals surface area contributed by atoms with Crippen LogP contribution < -0.4 is 4.74 Å². The molecule has 1 unspecified atom stereocenters. The van der Waals surface area contributed by atoms with Crippen molar-refractivity contribution >= 4 is 17.8 Å². The van der Waals surface area contributed by atoms with E-state index in [4.69, 9.17) is 9.84 Å². The molecule has 7 heteroatoms. The van der Waals surface area contributed by atoms with Crippen LogP contribution in [0.15, 0.2) is 30.3 Å². The average Bonchev–Trinajstić information content (AvgIpc) is 2.59. The molecule has 0 radical (unpaired) electrons. The van der Waals surface area contributed by atoms with Crippen molar-refractivity contribution in [3.05, 3.63) is 30.3 Å². The Morgan fingerprint density at radius 1 is 1.29 bits per heavy atom. The maximum Gasteiger partial charge on any atom is 0.323 e. The Kier molecular flexibility index (Phi) is 6.17. The number of hydrogen-bond donors (Lipinski definition) is 1. The zero-order valence-electron chi connectivity index (χ0n) is 13.7. The molecular formula is C17H22N2O5. The summed E-state index contributed by atoms with van der Waals surface area (Å²) in [6.07, 6.45) is 1.38. The first-order valence-electron chi connectivity index (χ1n) is 7.89. The molecule has 2 rings (SSSR count). The lowest BCUT2D eigenvalue weighted by Gasteiger charge is -2.33. The van der Waals surface area contributed by atoms with Crippen LogP contribution in [0.2, 0.25) is 0 Å². The lowest BCUT2D eigenvalue weighted by Crippen LogP contribution is -2.47. The number of nitrogens with zero attached hydrogens (tertiary/aromatic N) is 2. The number of hydrogen-bond acceptors (Lipinski definition) is 4. The number of benzene rings is 1. The minimum absolute atomic E-state index is 0.0735. The van der Waals surface area contributed by atoms with E-state index in [0.29, 0.717) is 31.7 Å². The zero-order chi connectivity index (χ0) is 17.5. The number of likely N-dealkylation sites (tertiary alicyclic amines) is 1. The number of aliphatic carboxylic acids is 1. The molecule has 1 aromatic rings. The largest absolute Gasteiger partial charge is 0.484 e. The van der Waals surface area contributed by atoms with E-state index >= 15 is 0 Å². The van der Waals surface area contributed by atoms with Crippen LogP contribution >= 0.6 is 0 Å². The molecule has 24 heavy (non-hydrogen) atoms. The fourth-order valence-electron chi connectivity index (χ4n) is 2.75. The molecule has 1 aliphatic heterocycles. The SMILES string of the molecule is CN(CC(=O)O)C(=O)C1CCCN(C(=O)COc2ccccc2)C1. The molecule has 0 aliphatic carbocycles. The third-order valence-electron chi connectivity index (χ3n) is 3.98. The van der Waals surface area contributed by atoms with Gasteiger partial charge in [-0.05, 0) is 25.0 Å². The Balaban J connectivity index is 1.86. The minimum atomic E-state index is -1.05. The number of carbonyl (C=O) groups excluding carboxylic acids is 2. The Hall–Kier alpha value is -2.57. The monoisotopic (exact) mass is 334 g/mol. The van der Waals surface area contributed by atoms with Crippen molar-refractivity contribution in [1.82, 2.24) is 9.80 Å². The van der Waals surface area contributed by atoms with Crippen molar-refractivity contribution in [3.8, 4) is 5.75 Å². The summed E-state index contributed by atoms with van der Waals surface area (Å²) in [7, 11) is 1.47. The Morgan fingerprint density at radius 3 is 2.67 bits per heavy atom. The zero-order valence-corrected chi connectivity index (χ0v) is 13.7. The second kappa shape index (κ2) is 8.33. The van der Waals surface area contributed by atoms with E-state index in [2.05, 4.69) is 0 Å². The molecule has 130 valence electrons. The highest BCUT2D eigenvalue weighted by molar-refractivity contribution is 5.84. The van der Waals surface area contributed by atoms with Gasteiger partial charge in [-0.2, -0.15) is 0 Å². The van der Waals surface area contributed by atoms with Gasteiger partial charge in [0.2, 0.25) is 5.91 Å². The van der Waals surface area contributed by atoms with Crippen LogP contribution in [0.1, 0.15) is 12.8 Å². The van der Waals surface area contributed by atoms with Gasteiger partial charge in [-0.25, -0.2) is 0 Å². The first-order chi connectivity index (χ1) is 11.5. The predicted octanol–water partition coefficient (Wildman–Crippen LogP) is 0.847. The normalized spacial score (nSPS) is 17.2. The van der Waals surface area contributed by atoms with Gasteiger partial charge in [0.15, 0.2) is 6.61 Å². The Morgan fingerprint density at radius 2 is 2.00 bits per heavy atom. The van der Waals surface area contributed by atoms with Gasteiger partial charge in [0, 0.05) is 20.1 Å². The van der Waals surface area contributed by atoms with E-state index in [-0.39, 0.29) is 30.9 Å². The highest BCUT2D eigenvalue weighted by Gasteiger charge is 2.30. The van der Waals surface area contributed by atoms with Crippen molar-refractivity contribution < 1.29 is 24.2 Å². The van der Waals surface area contributed by atoms with Gasteiger partial charge in [0.25, 0.3) is 5.91 Å². The van der Waals surface area contributed by atoms with Gasteiger partial charge in [-0.3, -0.25) is 14.4 Å². The maximum atomic E-state index is 12.3. The minimum Gasteiger partial charge on any atom is -0.484 e. The molecule has 1 aliphatic rings. The maximum absolute atomic E-state index is 12.3. The summed E-state index contributed by atoms with van der Waals surface area (Å²) in [6, 6.07) is 9.07. The smallest absolute Gasteiger partial charge is 0.323 e. The number of likely N-dealkylation sites (N-methyl/N-ethyl adjacent to an activating group) is 1. The van der Waals surface area contributed by atoms with Crippen LogP contribution in [-0.2, 0) is 14.4 Å². The Labute approximate surface area is 140 Å². The summed E-state index contributed by atoms with van der Waals surface area (Å²) >= 11 is 0. The van der Waals surface area contributed by atoms with Crippen molar-refractivity contribution in [2.45, 2.75) is 12.8 Å². The van der Waals surface area contributed by atoms with E-state index in [1.807, 2.05) is 18.2 Å². The van der Waals surface area contributed by atoms with Crippen LogP contribution in [0.4, 0.5) is 0 Å². The highest BCUT2D eigenvalue weighted by Crippen LogP contribution is 2.19. The molecule has 0 spiro atoms. The molecule has 1 fully saturated rings. The summed E-state index contributed by atoms with van der Waals surface area (Å²) in [6.45, 7) is 0.486. The van der Waals surface area contributed by atoms with Gasteiger partial charge in [-0.15, -0.1) is 0 Å². The summed E-state index contributed by atoms with van der Waals surface area (Å²) in [5.41, 5.74) is 0. The fourth-order valence-corrected chi connectivity index (χ4v) is 2.75. The standard InChI is InChI=1S/C17H22N2O5/c1-18(11-16(21)22)17(23)13-6-5-9-19(10-13)15(20)12-24-14-7-3-2-4-8-14/h2-4,7-8,13H,5-6,9-12H2,1H3,(H,21,22). The lowest BCUT2D eigenvalue weighted by atomic mass is 9.96. The molecule has 7 nitrogen and oxygen atoms in total. The summed E-state index contributed by atoms with van der Waals surface area (Å²) in [4.78, 5) is 38.1.